The molecule has 1 aliphatic carbocycles. The first-order valence-electron chi connectivity index (χ1n) is 6.94. The Morgan fingerprint density at radius 1 is 1.33 bits per heavy atom. The molecule has 1 fully saturated rings. The first-order chi connectivity index (χ1) is 8.56. The van der Waals surface area contributed by atoms with Gasteiger partial charge in [-0.15, -0.1) is 0 Å². The second-order valence-corrected chi connectivity index (χ2v) is 5.95. The van der Waals surface area contributed by atoms with Crippen LogP contribution in [0.3, 0.4) is 0 Å². The summed E-state index contributed by atoms with van der Waals surface area (Å²) in [6, 6.07) is 3.68. The van der Waals surface area contributed by atoms with Crippen LogP contribution >= 0.6 is 0 Å². The van der Waals surface area contributed by atoms with Gasteiger partial charge in [0.2, 0.25) is 5.95 Å². The second kappa shape index (κ2) is 5.68. The van der Waals surface area contributed by atoms with E-state index in [-0.39, 0.29) is 0 Å². The molecular weight excluding hydrogens is 227 g/mol. The minimum absolute atomic E-state index is 0.419. The maximum atomic E-state index is 12.8. The normalized spacial score (nSPS) is 28.4. The highest BCUT2D eigenvalue weighted by molar-refractivity contribution is 5.41. The van der Waals surface area contributed by atoms with E-state index < -0.39 is 5.95 Å². The minimum atomic E-state index is -0.419. The van der Waals surface area contributed by atoms with E-state index in [9.17, 15) is 4.39 Å². The van der Waals surface area contributed by atoms with Gasteiger partial charge in [0.15, 0.2) is 0 Å². The van der Waals surface area contributed by atoms with Gasteiger partial charge in [-0.25, -0.2) is 4.98 Å². The number of nitrogens with one attached hydrogen (secondary N) is 1. The first kappa shape index (κ1) is 13.3. The van der Waals surface area contributed by atoms with Crippen LogP contribution in [0, 0.1) is 23.7 Å². The van der Waals surface area contributed by atoms with E-state index in [4.69, 9.17) is 0 Å². The summed E-state index contributed by atoms with van der Waals surface area (Å²) in [6.45, 7) is 6.89. The fourth-order valence-corrected chi connectivity index (χ4v) is 3.04. The molecule has 1 N–H and O–H groups in total. The van der Waals surface area contributed by atoms with E-state index >= 15 is 0 Å². The van der Waals surface area contributed by atoms with E-state index in [1.165, 1.54) is 25.3 Å². The Morgan fingerprint density at radius 3 is 2.72 bits per heavy atom. The molecule has 3 atom stereocenters. The van der Waals surface area contributed by atoms with Crippen molar-refractivity contribution < 1.29 is 4.39 Å². The van der Waals surface area contributed by atoms with Crippen molar-refractivity contribution >= 4 is 5.69 Å². The molecule has 0 saturated heterocycles. The Labute approximate surface area is 109 Å². The van der Waals surface area contributed by atoms with Crippen molar-refractivity contribution in [2.75, 3.05) is 5.32 Å². The van der Waals surface area contributed by atoms with Crippen LogP contribution in [-0.4, -0.2) is 11.0 Å². The van der Waals surface area contributed by atoms with Crippen LogP contribution in [0.1, 0.15) is 40.0 Å². The largest absolute Gasteiger partial charge is 0.381 e. The maximum Gasteiger partial charge on any atom is 0.212 e. The quantitative estimate of drug-likeness (QED) is 0.817. The molecule has 1 aromatic heterocycles. The highest BCUT2D eigenvalue weighted by Crippen LogP contribution is 2.35. The summed E-state index contributed by atoms with van der Waals surface area (Å²) < 4.78 is 12.8. The number of hydrogen-bond donors (Lipinski definition) is 1. The molecule has 18 heavy (non-hydrogen) atoms. The Balaban J connectivity index is 2.06. The molecule has 0 bridgehead atoms. The zero-order valence-electron chi connectivity index (χ0n) is 11.5. The van der Waals surface area contributed by atoms with Crippen molar-refractivity contribution in [1.82, 2.24) is 4.98 Å². The first-order valence-corrected chi connectivity index (χ1v) is 6.94. The number of pyridine rings is 1. The topological polar surface area (TPSA) is 24.9 Å². The maximum absolute atomic E-state index is 12.8. The highest BCUT2D eigenvalue weighted by atomic mass is 19.1. The predicted molar refractivity (Wildman–Crippen MR) is 72.9 cm³/mol. The molecule has 1 aliphatic rings. The average Bonchev–Trinajstić information content (AvgIpc) is 2.32. The third kappa shape index (κ3) is 3.21. The van der Waals surface area contributed by atoms with Crippen LogP contribution < -0.4 is 5.32 Å². The van der Waals surface area contributed by atoms with Crippen LogP contribution in [0.25, 0.3) is 0 Å². The predicted octanol–water partition coefficient (Wildman–Crippen LogP) is 4.09. The van der Waals surface area contributed by atoms with Crippen LogP contribution in [-0.2, 0) is 0 Å². The van der Waals surface area contributed by atoms with Gasteiger partial charge in [-0.2, -0.15) is 4.39 Å². The number of anilines is 1. The molecular formula is C15H23FN2. The van der Waals surface area contributed by atoms with E-state index in [0.29, 0.717) is 17.9 Å². The molecule has 0 aromatic carbocycles. The SMILES string of the molecule is CC1CCC(C(C)C)C(Nc2ccc(F)nc2)C1. The van der Waals surface area contributed by atoms with Crippen molar-refractivity contribution in [3.05, 3.63) is 24.3 Å². The van der Waals surface area contributed by atoms with Crippen LogP contribution in [0.15, 0.2) is 18.3 Å². The number of rotatable bonds is 3. The Kier molecular flexibility index (Phi) is 4.20. The Bertz CT molecular complexity index is 375. The number of hydrogen-bond acceptors (Lipinski definition) is 2. The lowest BCUT2D eigenvalue weighted by atomic mass is 9.74. The summed E-state index contributed by atoms with van der Waals surface area (Å²) in [4.78, 5) is 3.70. The molecule has 1 aromatic rings. The Hall–Kier alpha value is -1.12. The standard InChI is InChI=1S/C15H23FN2/c1-10(2)13-6-4-11(3)8-14(13)18-12-5-7-15(16)17-9-12/h5,7,9-11,13-14,18H,4,6,8H2,1-3H3. The van der Waals surface area contributed by atoms with Crippen molar-refractivity contribution in [2.24, 2.45) is 17.8 Å². The molecule has 1 saturated carbocycles. The number of aromatic nitrogens is 1. The molecule has 0 radical (unpaired) electrons. The van der Waals surface area contributed by atoms with Gasteiger partial charge in [0.05, 0.1) is 11.9 Å². The monoisotopic (exact) mass is 250 g/mol. The number of halogens is 1. The molecule has 3 heteroatoms. The lowest BCUT2D eigenvalue weighted by Crippen LogP contribution is -2.37. The molecule has 0 spiro atoms. The van der Waals surface area contributed by atoms with Gasteiger partial charge in [0.25, 0.3) is 0 Å². The summed E-state index contributed by atoms with van der Waals surface area (Å²) in [5.74, 6) is 1.73. The fourth-order valence-electron chi connectivity index (χ4n) is 3.04. The zero-order valence-corrected chi connectivity index (χ0v) is 11.5. The molecule has 0 aliphatic heterocycles. The van der Waals surface area contributed by atoms with Gasteiger partial charge < -0.3 is 5.32 Å². The van der Waals surface area contributed by atoms with Crippen LogP contribution in [0.2, 0.25) is 0 Å². The van der Waals surface area contributed by atoms with E-state index in [1.807, 2.05) is 0 Å². The molecule has 1 heterocycles. The van der Waals surface area contributed by atoms with Crippen LogP contribution in [0.4, 0.5) is 10.1 Å². The summed E-state index contributed by atoms with van der Waals surface area (Å²) in [5, 5.41) is 3.54. The lowest BCUT2D eigenvalue weighted by Gasteiger charge is -2.38. The average molecular weight is 250 g/mol. The van der Waals surface area contributed by atoms with Gasteiger partial charge in [-0.05, 0) is 42.7 Å². The van der Waals surface area contributed by atoms with E-state index in [0.717, 1.165) is 11.6 Å². The summed E-state index contributed by atoms with van der Waals surface area (Å²) in [5.41, 5.74) is 0.932. The van der Waals surface area contributed by atoms with Crippen molar-refractivity contribution in [2.45, 2.75) is 46.1 Å². The van der Waals surface area contributed by atoms with Crippen molar-refractivity contribution in [3.8, 4) is 0 Å². The summed E-state index contributed by atoms with van der Waals surface area (Å²) in [6.07, 6.45) is 5.39. The fraction of sp³-hybridized carbons (Fsp3) is 0.667. The minimum Gasteiger partial charge on any atom is -0.381 e. The zero-order chi connectivity index (χ0) is 13.1. The molecule has 100 valence electrons. The lowest BCUT2D eigenvalue weighted by molar-refractivity contribution is 0.212. The van der Waals surface area contributed by atoms with Crippen LogP contribution in [0.5, 0.6) is 0 Å². The van der Waals surface area contributed by atoms with E-state index in [2.05, 4.69) is 31.1 Å². The third-order valence-electron chi connectivity index (χ3n) is 4.10. The Morgan fingerprint density at radius 2 is 2.11 bits per heavy atom. The molecule has 3 unspecified atom stereocenters. The summed E-state index contributed by atoms with van der Waals surface area (Å²) in [7, 11) is 0. The van der Waals surface area contributed by atoms with Gasteiger partial charge in [0.1, 0.15) is 0 Å². The molecule has 2 nitrogen and oxygen atoms in total. The highest BCUT2D eigenvalue weighted by Gasteiger charge is 2.30. The second-order valence-electron chi connectivity index (χ2n) is 5.95. The van der Waals surface area contributed by atoms with Gasteiger partial charge in [-0.1, -0.05) is 27.2 Å². The van der Waals surface area contributed by atoms with Crippen molar-refractivity contribution in [3.63, 3.8) is 0 Å². The van der Waals surface area contributed by atoms with Gasteiger partial charge >= 0.3 is 0 Å². The molecule has 0 amide bonds. The van der Waals surface area contributed by atoms with Crippen molar-refractivity contribution in [1.29, 1.82) is 0 Å². The molecule has 2 rings (SSSR count). The van der Waals surface area contributed by atoms with E-state index in [1.54, 1.807) is 12.3 Å². The third-order valence-corrected chi connectivity index (χ3v) is 4.10. The smallest absolute Gasteiger partial charge is 0.212 e. The summed E-state index contributed by atoms with van der Waals surface area (Å²) >= 11 is 0. The van der Waals surface area contributed by atoms with Gasteiger partial charge in [0, 0.05) is 6.04 Å². The number of nitrogens with zero attached hydrogens (tertiary/aromatic N) is 1. The van der Waals surface area contributed by atoms with Gasteiger partial charge in [-0.3, -0.25) is 0 Å².